The van der Waals surface area contributed by atoms with Gasteiger partial charge in [0.25, 0.3) is 0 Å². The van der Waals surface area contributed by atoms with Gasteiger partial charge in [-0.2, -0.15) is 0 Å². The summed E-state index contributed by atoms with van der Waals surface area (Å²) in [7, 11) is 0. The monoisotopic (exact) mass is 366 g/mol. The molecule has 1 atom stereocenters. The second-order valence-corrected chi connectivity index (χ2v) is 7.27. The van der Waals surface area contributed by atoms with Crippen molar-refractivity contribution in [3.63, 3.8) is 0 Å². The van der Waals surface area contributed by atoms with Crippen molar-refractivity contribution in [1.82, 2.24) is 15.3 Å². The van der Waals surface area contributed by atoms with Gasteiger partial charge in [-0.05, 0) is 44.8 Å². The minimum absolute atomic E-state index is 0.436. The van der Waals surface area contributed by atoms with Crippen LogP contribution < -0.4 is 16.0 Å². The topological polar surface area (TPSA) is 99.7 Å². The molecule has 0 radical (unpaired) electrons. The molecule has 142 valence electrons. The van der Waals surface area contributed by atoms with Gasteiger partial charge < -0.3 is 15.7 Å². The van der Waals surface area contributed by atoms with E-state index in [0.29, 0.717) is 18.9 Å². The van der Waals surface area contributed by atoms with Gasteiger partial charge in [0.2, 0.25) is 0 Å². The second-order valence-electron chi connectivity index (χ2n) is 7.27. The summed E-state index contributed by atoms with van der Waals surface area (Å²) in [6.45, 7) is 13.0. The molecule has 1 aliphatic rings. The average Bonchev–Trinajstić information content (AvgIpc) is 2.66. The van der Waals surface area contributed by atoms with E-state index in [-0.39, 0.29) is 0 Å². The van der Waals surface area contributed by atoms with Crippen molar-refractivity contribution in [2.75, 3.05) is 24.5 Å². The molecule has 0 spiro atoms. The molecule has 2 aromatic rings. The van der Waals surface area contributed by atoms with Crippen LogP contribution in [0, 0.1) is 0 Å². The highest BCUT2D eigenvalue weighted by Gasteiger charge is 2.43. The molecule has 1 fully saturated rings. The van der Waals surface area contributed by atoms with E-state index in [2.05, 4.69) is 33.5 Å². The lowest BCUT2D eigenvalue weighted by Gasteiger charge is -2.48. The molecule has 27 heavy (non-hydrogen) atoms. The Hall–Kier alpha value is -2.61. The number of hydrogen-bond donors (Lipinski definition) is 3. The van der Waals surface area contributed by atoms with Crippen LogP contribution in [-0.4, -0.2) is 52.7 Å². The summed E-state index contributed by atoms with van der Waals surface area (Å²) in [5.41, 5.74) is 6.66. The summed E-state index contributed by atoms with van der Waals surface area (Å²) >= 11 is 0. The normalized spacial score (nSPS) is 20.4. The summed E-state index contributed by atoms with van der Waals surface area (Å²) in [5.74, 6) is 1.31. The molecule has 1 saturated heterocycles. The highest BCUT2D eigenvalue weighted by Crippen LogP contribution is 2.29. The second kappa shape index (κ2) is 7.19. The number of aliphatic imine (C=N–C) groups is 1. The van der Waals surface area contributed by atoms with Crippen LogP contribution in [0.4, 0.5) is 11.6 Å². The van der Waals surface area contributed by atoms with Crippen molar-refractivity contribution in [3.05, 3.63) is 54.4 Å². The molecular formula is C20H26N6O. The first-order valence-corrected chi connectivity index (χ1v) is 8.85. The fraction of sp³-hybridized carbons (Fsp3) is 0.350. The van der Waals surface area contributed by atoms with Crippen LogP contribution >= 0.6 is 0 Å². The van der Waals surface area contributed by atoms with Gasteiger partial charge in [0.15, 0.2) is 5.82 Å². The smallest absolute Gasteiger partial charge is 0.159 e. The van der Waals surface area contributed by atoms with Crippen molar-refractivity contribution in [2.45, 2.75) is 25.1 Å². The van der Waals surface area contributed by atoms with E-state index in [1.165, 1.54) is 0 Å². The Balaban J connectivity index is 1.90. The zero-order valence-electron chi connectivity index (χ0n) is 15.8. The van der Waals surface area contributed by atoms with Crippen molar-refractivity contribution < 1.29 is 5.11 Å². The van der Waals surface area contributed by atoms with Crippen molar-refractivity contribution in [3.8, 4) is 0 Å². The average molecular weight is 366 g/mol. The van der Waals surface area contributed by atoms with E-state index < -0.39 is 11.3 Å². The molecule has 1 aliphatic heterocycles. The van der Waals surface area contributed by atoms with Gasteiger partial charge in [-0.15, -0.1) is 0 Å². The Kier molecular flexibility index (Phi) is 5.10. The Morgan fingerprint density at radius 2 is 2.15 bits per heavy atom. The van der Waals surface area contributed by atoms with E-state index >= 15 is 0 Å². The molecule has 7 nitrogen and oxygen atoms in total. The zero-order chi connectivity index (χ0) is 19.7. The van der Waals surface area contributed by atoms with Crippen LogP contribution in [0.2, 0.25) is 0 Å². The fourth-order valence-electron chi connectivity index (χ4n) is 3.12. The number of piperazine rings is 1. The maximum absolute atomic E-state index is 10.4. The summed E-state index contributed by atoms with van der Waals surface area (Å²) in [6.07, 6.45) is 1.67. The van der Waals surface area contributed by atoms with Gasteiger partial charge in [0, 0.05) is 30.4 Å². The lowest BCUT2D eigenvalue weighted by Crippen LogP contribution is -2.75. The van der Waals surface area contributed by atoms with Gasteiger partial charge >= 0.3 is 0 Å². The fourth-order valence-corrected chi connectivity index (χ4v) is 3.12. The quantitative estimate of drug-likeness (QED) is 0.697. The zero-order valence-corrected chi connectivity index (χ0v) is 15.8. The highest BCUT2D eigenvalue weighted by atomic mass is 16.3. The molecule has 3 heterocycles. The molecule has 4 N–H and O–H groups in total. The third kappa shape index (κ3) is 3.75. The van der Waals surface area contributed by atoms with E-state index in [9.17, 15) is 5.11 Å². The minimum Gasteiger partial charge on any atom is -0.387 e. The Morgan fingerprint density at radius 1 is 1.37 bits per heavy atom. The summed E-state index contributed by atoms with van der Waals surface area (Å²) in [5, 5.41) is 13.7. The first-order chi connectivity index (χ1) is 12.7. The molecule has 7 heteroatoms. The van der Waals surface area contributed by atoms with Crippen LogP contribution in [0.5, 0.6) is 0 Å². The van der Waals surface area contributed by atoms with Gasteiger partial charge in [-0.1, -0.05) is 12.6 Å². The van der Waals surface area contributed by atoms with Crippen LogP contribution in [0.1, 0.15) is 25.1 Å². The van der Waals surface area contributed by atoms with Crippen molar-refractivity contribution in [1.29, 1.82) is 0 Å². The van der Waals surface area contributed by atoms with E-state index in [4.69, 9.17) is 10.7 Å². The standard InChI is InChI=1S/C20H26N6O/c1-14(15-7-6-10-23-18(15)22-4)16-8-5-9-17(25-16)26-12-11-24-20(21,13-26)19(2,3)27/h5-10,24,27H,1,4,11-13,21H2,2-3H3. The van der Waals surface area contributed by atoms with Gasteiger partial charge in [0.1, 0.15) is 11.5 Å². The number of aromatic nitrogens is 2. The first kappa shape index (κ1) is 19.2. The van der Waals surface area contributed by atoms with Gasteiger partial charge in [-0.25, -0.2) is 15.0 Å². The largest absolute Gasteiger partial charge is 0.387 e. The van der Waals surface area contributed by atoms with Crippen molar-refractivity contribution >= 4 is 23.9 Å². The summed E-state index contributed by atoms with van der Waals surface area (Å²) < 4.78 is 0. The number of nitrogens with zero attached hydrogens (tertiary/aromatic N) is 4. The molecule has 0 saturated carbocycles. The number of nitrogens with two attached hydrogens (primary N) is 1. The molecule has 0 aromatic carbocycles. The van der Waals surface area contributed by atoms with E-state index in [0.717, 1.165) is 29.2 Å². The maximum atomic E-state index is 10.4. The van der Waals surface area contributed by atoms with Crippen LogP contribution in [-0.2, 0) is 0 Å². The molecule has 3 rings (SSSR count). The lowest BCUT2D eigenvalue weighted by molar-refractivity contribution is -0.0212. The Bertz CT molecular complexity index is 860. The molecule has 0 amide bonds. The summed E-state index contributed by atoms with van der Waals surface area (Å²) in [4.78, 5) is 15.0. The summed E-state index contributed by atoms with van der Waals surface area (Å²) in [6, 6.07) is 9.51. The third-order valence-electron chi connectivity index (χ3n) is 4.98. The number of rotatable bonds is 5. The van der Waals surface area contributed by atoms with Crippen LogP contribution in [0.3, 0.4) is 0 Å². The Morgan fingerprint density at radius 3 is 2.85 bits per heavy atom. The maximum Gasteiger partial charge on any atom is 0.159 e. The van der Waals surface area contributed by atoms with Crippen LogP contribution in [0.15, 0.2) is 48.1 Å². The highest BCUT2D eigenvalue weighted by molar-refractivity contribution is 5.81. The first-order valence-electron chi connectivity index (χ1n) is 8.85. The Labute approximate surface area is 159 Å². The predicted molar refractivity (Wildman–Crippen MR) is 109 cm³/mol. The third-order valence-corrected chi connectivity index (χ3v) is 4.98. The molecule has 1 unspecified atom stereocenters. The van der Waals surface area contributed by atoms with Crippen LogP contribution in [0.25, 0.3) is 5.57 Å². The number of hydrogen-bond acceptors (Lipinski definition) is 7. The number of pyridine rings is 2. The van der Waals surface area contributed by atoms with Crippen molar-refractivity contribution in [2.24, 2.45) is 10.7 Å². The molecule has 0 aliphatic carbocycles. The minimum atomic E-state index is -1.08. The molecule has 2 aromatic heterocycles. The van der Waals surface area contributed by atoms with E-state index in [1.807, 2.05) is 30.3 Å². The molecule has 0 bridgehead atoms. The predicted octanol–water partition coefficient (Wildman–Crippen LogP) is 1.71. The number of nitrogens with one attached hydrogen (secondary N) is 1. The van der Waals surface area contributed by atoms with E-state index in [1.54, 1.807) is 20.0 Å². The lowest BCUT2D eigenvalue weighted by atomic mass is 9.89. The van der Waals surface area contributed by atoms with Gasteiger partial charge in [0.05, 0.1) is 17.8 Å². The molecular weight excluding hydrogens is 340 g/mol. The van der Waals surface area contributed by atoms with Gasteiger partial charge in [-0.3, -0.25) is 5.32 Å². The SMILES string of the molecule is C=Nc1ncccc1C(=C)c1cccc(N2CCNC(N)(C(C)(C)O)C2)n1. The number of anilines is 1. The number of aliphatic hydroxyl groups is 1.